The molecule has 0 radical (unpaired) electrons. The summed E-state index contributed by atoms with van der Waals surface area (Å²) in [7, 11) is 0. The predicted octanol–water partition coefficient (Wildman–Crippen LogP) is 3.17. The molecule has 96 valence electrons. The fourth-order valence-electron chi connectivity index (χ4n) is 1.59. The van der Waals surface area contributed by atoms with Gasteiger partial charge in [-0.05, 0) is 37.8 Å². The lowest BCUT2D eigenvalue weighted by atomic mass is 10.3. The van der Waals surface area contributed by atoms with Gasteiger partial charge in [0, 0.05) is 16.6 Å². The van der Waals surface area contributed by atoms with Crippen LogP contribution in [0.1, 0.15) is 23.1 Å². The molecule has 0 aliphatic carbocycles. The van der Waals surface area contributed by atoms with Gasteiger partial charge < -0.3 is 10.1 Å². The Bertz CT molecular complexity index is 525. The van der Waals surface area contributed by atoms with E-state index in [0.29, 0.717) is 18.4 Å². The monoisotopic (exact) mass is 263 g/mol. The highest BCUT2D eigenvalue weighted by molar-refractivity contribution is 7.10. The number of nitrogens with zero attached hydrogens (tertiary/aromatic N) is 2. The van der Waals surface area contributed by atoms with Gasteiger partial charge in [0.05, 0.1) is 13.2 Å². The molecule has 0 fully saturated rings. The van der Waals surface area contributed by atoms with Crippen LogP contribution in [0.4, 0.5) is 5.95 Å². The van der Waals surface area contributed by atoms with E-state index in [-0.39, 0.29) is 0 Å². The van der Waals surface area contributed by atoms with E-state index in [2.05, 4.69) is 33.7 Å². The van der Waals surface area contributed by atoms with E-state index in [0.717, 1.165) is 12.2 Å². The Labute approximate surface area is 111 Å². The van der Waals surface area contributed by atoms with E-state index in [1.807, 2.05) is 19.9 Å². The second kappa shape index (κ2) is 5.82. The summed E-state index contributed by atoms with van der Waals surface area (Å²) in [6.45, 7) is 7.35. The largest absolute Gasteiger partial charge is 0.478 e. The van der Waals surface area contributed by atoms with Crippen LogP contribution < -0.4 is 10.1 Å². The molecule has 0 saturated heterocycles. The molecule has 18 heavy (non-hydrogen) atoms. The van der Waals surface area contributed by atoms with Crippen LogP contribution in [-0.2, 0) is 6.54 Å². The van der Waals surface area contributed by atoms with Crippen LogP contribution in [0, 0.1) is 13.8 Å². The third-order valence-electron chi connectivity index (χ3n) is 2.50. The van der Waals surface area contributed by atoms with Gasteiger partial charge in [-0.25, -0.2) is 4.98 Å². The summed E-state index contributed by atoms with van der Waals surface area (Å²) in [5, 5.41) is 5.33. The van der Waals surface area contributed by atoms with E-state index in [9.17, 15) is 0 Å². The van der Waals surface area contributed by atoms with Gasteiger partial charge in [0.25, 0.3) is 0 Å². The number of hydrogen-bond acceptors (Lipinski definition) is 5. The number of aromatic nitrogens is 2. The molecule has 0 amide bonds. The number of hydrogen-bond donors (Lipinski definition) is 1. The number of nitrogens with one attached hydrogen (secondary N) is 1. The van der Waals surface area contributed by atoms with Crippen molar-refractivity contribution in [3.8, 4) is 5.88 Å². The normalized spacial score (nSPS) is 10.4. The fraction of sp³-hybridized carbons (Fsp3) is 0.385. The van der Waals surface area contributed by atoms with Gasteiger partial charge in [-0.1, -0.05) is 0 Å². The average molecular weight is 263 g/mol. The topological polar surface area (TPSA) is 47.0 Å². The van der Waals surface area contributed by atoms with Crippen LogP contribution in [0.2, 0.25) is 0 Å². The second-order valence-corrected chi connectivity index (χ2v) is 4.99. The number of rotatable bonds is 5. The van der Waals surface area contributed by atoms with Crippen molar-refractivity contribution in [3.63, 3.8) is 0 Å². The van der Waals surface area contributed by atoms with Crippen molar-refractivity contribution in [2.45, 2.75) is 27.3 Å². The van der Waals surface area contributed by atoms with Gasteiger partial charge in [0.15, 0.2) is 0 Å². The number of ether oxygens (including phenoxy) is 1. The quantitative estimate of drug-likeness (QED) is 0.900. The van der Waals surface area contributed by atoms with Crippen LogP contribution in [0.25, 0.3) is 0 Å². The maximum absolute atomic E-state index is 5.40. The summed E-state index contributed by atoms with van der Waals surface area (Å²) in [5.41, 5.74) is 2.20. The lowest BCUT2D eigenvalue weighted by Crippen LogP contribution is -2.06. The predicted molar refractivity (Wildman–Crippen MR) is 74.3 cm³/mol. The summed E-state index contributed by atoms with van der Waals surface area (Å²) in [6.07, 6.45) is 0. The zero-order valence-electron chi connectivity index (χ0n) is 10.9. The minimum atomic E-state index is 0.611. The van der Waals surface area contributed by atoms with E-state index >= 15 is 0 Å². The van der Waals surface area contributed by atoms with Crippen LogP contribution in [0.15, 0.2) is 17.5 Å². The van der Waals surface area contributed by atoms with Gasteiger partial charge in [-0.3, -0.25) is 0 Å². The van der Waals surface area contributed by atoms with Crippen LogP contribution >= 0.6 is 11.3 Å². The molecule has 0 atom stereocenters. The maximum Gasteiger partial charge on any atom is 0.226 e. The summed E-state index contributed by atoms with van der Waals surface area (Å²) in [4.78, 5) is 9.96. The number of anilines is 1. The molecule has 2 rings (SSSR count). The molecule has 0 bridgehead atoms. The van der Waals surface area contributed by atoms with Crippen molar-refractivity contribution in [2.24, 2.45) is 0 Å². The number of thiophene rings is 1. The van der Waals surface area contributed by atoms with E-state index in [1.165, 1.54) is 10.4 Å². The lowest BCUT2D eigenvalue weighted by molar-refractivity contribution is 0.326. The van der Waals surface area contributed by atoms with Crippen molar-refractivity contribution >= 4 is 17.3 Å². The van der Waals surface area contributed by atoms with Crippen molar-refractivity contribution < 1.29 is 4.74 Å². The van der Waals surface area contributed by atoms with E-state index in [1.54, 1.807) is 11.3 Å². The molecule has 2 aromatic heterocycles. The Morgan fingerprint density at radius 3 is 2.83 bits per heavy atom. The molecule has 0 aromatic carbocycles. The molecule has 5 heteroatoms. The summed E-state index contributed by atoms with van der Waals surface area (Å²) in [5.74, 6) is 1.24. The van der Waals surface area contributed by atoms with Crippen LogP contribution in [0.3, 0.4) is 0 Å². The first-order chi connectivity index (χ1) is 8.69. The van der Waals surface area contributed by atoms with Crippen molar-refractivity contribution in [1.82, 2.24) is 9.97 Å². The molecule has 1 N–H and O–H groups in total. The molecule has 0 saturated carbocycles. The standard InChI is InChI=1S/C13H17N3OS/c1-4-17-12-7-10(3)15-13(16-12)14-8-11-9(2)5-6-18-11/h5-7H,4,8H2,1-3H3,(H,14,15,16). The van der Waals surface area contributed by atoms with Crippen molar-refractivity contribution in [3.05, 3.63) is 33.6 Å². The van der Waals surface area contributed by atoms with Crippen molar-refractivity contribution in [2.75, 3.05) is 11.9 Å². The molecule has 0 aliphatic rings. The molecule has 2 heterocycles. The average Bonchev–Trinajstić information content (AvgIpc) is 2.72. The lowest BCUT2D eigenvalue weighted by Gasteiger charge is -2.08. The Kier molecular flexibility index (Phi) is 4.15. The Morgan fingerprint density at radius 2 is 2.17 bits per heavy atom. The second-order valence-electron chi connectivity index (χ2n) is 3.98. The molecule has 2 aromatic rings. The third-order valence-corrected chi connectivity index (χ3v) is 3.52. The van der Waals surface area contributed by atoms with Gasteiger partial charge >= 0.3 is 0 Å². The first kappa shape index (κ1) is 12.8. The van der Waals surface area contributed by atoms with Gasteiger partial charge in [-0.2, -0.15) is 4.98 Å². The first-order valence-electron chi connectivity index (χ1n) is 5.94. The van der Waals surface area contributed by atoms with E-state index < -0.39 is 0 Å². The SMILES string of the molecule is CCOc1cc(C)nc(NCc2sccc2C)n1. The van der Waals surface area contributed by atoms with Crippen molar-refractivity contribution in [1.29, 1.82) is 0 Å². The Balaban J connectivity index is 2.07. The minimum Gasteiger partial charge on any atom is -0.478 e. The van der Waals surface area contributed by atoms with Crippen LogP contribution in [0.5, 0.6) is 5.88 Å². The molecule has 0 aliphatic heterocycles. The fourth-order valence-corrected chi connectivity index (χ4v) is 2.43. The van der Waals surface area contributed by atoms with Gasteiger partial charge in [-0.15, -0.1) is 11.3 Å². The van der Waals surface area contributed by atoms with Crippen LogP contribution in [-0.4, -0.2) is 16.6 Å². The highest BCUT2D eigenvalue weighted by atomic mass is 32.1. The molecule has 0 unspecified atom stereocenters. The third kappa shape index (κ3) is 3.20. The smallest absolute Gasteiger partial charge is 0.226 e. The summed E-state index contributed by atoms with van der Waals surface area (Å²) >= 11 is 1.74. The highest BCUT2D eigenvalue weighted by Crippen LogP contribution is 2.17. The summed E-state index contributed by atoms with van der Waals surface area (Å²) in [6, 6.07) is 3.95. The first-order valence-corrected chi connectivity index (χ1v) is 6.82. The molecule has 0 spiro atoms. The van der Waals surface area contributed by atoms with E-state index in [4.69, 9.17) is 4.74 Å². The minimum absolute atomic E-state index is 0.611. The van der Waals surface area contributed by atoms with Gasteiger partial charge in [0.1, 0.15) is 0 Å². The molecule has 4 nitrogen and oxygen atoms in total. The molecular weight excluding hydrogens is 246 g/mol. The highest BCUT2D eigenvalue weighted by Gasteiger charge is 2.04. The summed E-state index contributed by atoms with van der Waals surface area (Å²) < 4.78 is 5.40. The molecular formula is C13H17N3OS. The zero-order valence-corrected chi connectivity index (χ0v) is 11.7. The van der Waals surface area contributed by atoms with Gasteiger partial charge in [0.2, 0.25) is 11.8 Å². The Morgan fingerprint density at radius 1 is 1.33 bits per heavy atom. The maximum atomic E-state index is 5.40. The Hall–Kier alpha value is -1.62. The zero-order chi connectivity index (χ0) is 13.0. The number of aryl methyl sites for hydroxylation is 2.